The van der Waals surface area contributed by atoms with Crippen molar-refractivity contribution in [1.29, 1.82) is 0 Å². The Labute approximate surface area is 125 Å². The molecular formula is C16H24N2O3. The average Bonchev–Trinajstić information content (AvgIpc) is 2.33. The molecule has 0 heterocycles. The molecule has 0 fully saturated rings. The number of nitrogens with two attached hydrogens (primary N) is 1. The van der Waals surface area contributed by atoms with E-state index in [0.717, 1.165) is 0 Å². The molecule has 5 nitrogen and oxygen atoms in total. The third-order valence-electron chi connectivity index (χ3n) is 2.64. The number of esters is 1. The van der Waals surface area contributed by atoms with Crippen molar-refractivity contribution in [2.75, 3.05) is 0 Å². The molecule has 0 aliphatic carbocycles. The topological polar surface area (TPSA) is 81.4 Å². The highest BCUT2D eigenvalue weighted by molar-refractivity contribution is 5.90. The van der Waals surface area contributed by atoms with Crippen LogP contribution in [-0.2, 0) is 14.3 Å². The molecule has 0 bridgehead atoms. The van der Waals surface area contributed by atoms with Gasteiger partial charge in [-0.15, -0.1) is 0 Å². The second-order valence-electron chi connectivity index (χ2n) is 6.57. The monoisotopic (exact) mass is 292 g/mol. The van der Waals surface area contributed by atoms with Crippen LogP contribution >= 0.6 is 0 Å². The number of hydrogen-bond donors (Lipinski definition) is 2. The fraction of sp³-hybridized carbons (Fsp3) is 0.500. The predicted octanol–water partition coefficient (Wildman–Crippen LogP) is 1.92. The number of carbonyl (C=O) groups is 2. The molecule has 0 aliphatic rings. The molecule has 0 radical (unpaired) electrons. The SMILES string of the molecule is CC(C)(C)OC(=O)C(NC(=O)C(C)(C)N)c1ccccc1. The summed E-state index contributed by atoms with van der Waals surface area (Å²) in [6, 6.07) is 8.08. The lowest BCUT2D eigenvalue weighted by atomic mass is 10.0. The van der Waals surface area contributed by atoms with Crippen LogP contribution in [-0.4, -0.2) is 23.0 Å². The van der Waals surface area contributed by atoms with Crippen LogP contribution in [0.15, 0.2) is 30.3 Å². The Morgan fingerprint density at radius 2 is 1.62 bits per heavy atom. The molecule has 116 valence electrons. The van der Waals surface area contributed by atoms with Gasteiger partial charge in [0.2, 0.25) is 5.91 Å². The largest absolute Gasteiger partial charge is 0.458 e. The smallest absolute Gasteiger partial charge is 0.333 e. The zero-order valence-corrected chi connectivity index (χ0v) is 13.3. The molecule has 1 rings (SSSR count). The molecule has 0 spiro atoms. The maximum absolute atomic E-state index is 12.3. The van der Waals surface area contributed by atoms with Crippen molar-refractivity contribution in [3.63, 3.8) is 0 Å². The molecule has 0 aromatic heterocycles. The van der Waals surface area contributed by atoms with Gasteiger partial charge < -0.3 is 15.8 Å². The second kappa shape index (κ2) is 6.26. The van der Waals surface area contributed by atoms with Crippen molar-refractivity contribution in [1.82, 2.24) is 5.32 Å². The number of ether oxygens (including phenoxy) is 1. The van der Waals surface area contributed by atoms with Gasteiger partial charge in [-0.2, -0.15) is 0 Å². The minimum absolute atomic E-state index is 0.415. The number of hydrogen-bond acceptors (Lipinski definition) is 4. The first-order valence-corrected chi connectivity index (χ1v) is 6.88. The van der Waals surface area contributed by atoms with E-state index in [1.165, 1.54) is 0 Å². The second-order valence-corrected chi connectivity index (χ2v) is 6.57. The first-order valence-electron chi connectivity index (χ1n) is 6.88. The first kappa shape index (κ1) is 17.2. The van der Waals surface area contributed by atoms with Crippen LogP contribution in [0.5, 0.6) is 0 Å². The zero-order valence-electron chi connectivity index (χ0n) is 13.3. The Balaban J connectivity index is 3.02. The summed E-state index contributed by atoms with van der Waals surface area (Å²) in [4.78, 5) is 24.4. The molecule has 0 saturated heterocycles. The summed E-state index contributed by atoms with van der Waals surface area (Å²) in [5.74, 6) is -0.923. The van der Waals surface area contributed by atoms with E-state index in [1.807, 2.05) is 6.07 Å². The Kier molecular flexibility index (Phi) is 5.12. The zero-order chi connectivity index (χ0) is 16.3. The number of rotatable bonds is 4. The van der Waals surface area contributed by atoms with Gasteiger partial charge >= 0.3 is 5.97 Å². The van der Waals surface area contributed by atoms with E-state index in [2.05, 4.69) is 5.32 Å². The van der Waals surface area contributed by atoms with E-state index >= 15 is 0 Å². The van der Waals surface area contributed by atoms with Crippen molar-refractivity contribution >= 4 is 11.9 Å². The van der Waals surface area contributed by atoms with E-state index in [1.54, 1.807) is 58.9 Å². The number of carbonyl (C=O) groups excluding carboxylic acids is 2. The Hall–Kier alpha value is -1.88. The summed E-state index contributed by atoms with van der Waals surface area (Å²) >= 11 is 0. The van der Waals surface area contributed by atoms with Gasteiger partial charge in [0, 0.05) is 0 Å². The normalized spacial score (nSPS) is 13.4. The van der Waals surface area contributed by atoms with Gasteiger partial charge in [-0.1, -0.05) is 30.3 Å². The summed E-state index contributed by atoms with van der Waals surface area (Å²) in [5, 5.41) is 2.66. The van der Waals surface area contributed by atoms with Gasteiger partial charge in [-0.3, -0.25) is 4.79 Å². The van der Waals surface area contributed by atoms with Crippen LogP contribution < -0.4 is 11.1 Å². The lowest BCUT2D eigenvalue weighted by Crippen LogP contribution is -2.51. The molecule has 1 aromatic rings. The summed E-state index contributed by atoms with van der Waals surface area (Å²) < 4.78 is 5.37. The Bertz CT molecular complexity index is 498. The molecular weight excluding hydrogens is 268 g/mol. The molecule has 3 N–H and O–H groups in total. The van der Waals surface area contributed by atoms with Crippen molar-refractivity contribution in [3.8, 4) is 0 Å². The third kappa shape index (κ3) is 5.55. The van der Waals surface area contributed by atoms with Crippen molar-refractivity contribution < 1.29 is 14.3 Å². The number of nitrogens with one attached hydrogen (secondary N) is 1. The third-order valence-corrected chi connectivity index (χ3v) is 2.64. The minimum Gasteiger partial charge on any atom is -0.458 e. The van der Waals surface area contributed by atoms with Gasteiger partial charge in [0.05, 0.1) is 5.54 Å². The highest BCUT2D eigenvalue weighted by atomic mass is 16.6. The maximum atomic E-state index is 12.3. The van der Waals surface area contributed by atoms with Crippen LogP contribution in [0.2, 0.25) is 0 Å². The highest BCUT2D eigenvalue weighted by Gasteiger charge is 2.31. The molecule has 1 aromatic carbocycles. The molecule has 0 saturated carbocycles. The fourth-order valence-corrected chi connectivity index (χ4v) is 1.60. The van der Waals surface area contributed by atoms with Crippen molar-refractivity contribution in [3.05, 3.63) is 35.9 Å². The van der Waals surface area contributed by atoms with Crippen LogP contribution in [0.1, 0.15) is 46.2 Å². The van der Waals surface area contributed by atoms with Gasteiger partial charge in [-0.25, -0.2) is 4.79 Å². The van der Waals surface area contributed by atoms with Crippen LogP contribution in [0.3, 0.4) is 0 Å². The standard InChI is InChI=1S/C16H24N2O3/c1-15(2,3)21-13(19)12(11-9-7-6-8-10-11)18-14(20)16(4,5)17/h6-10,12H,17H2,1-5H3,(H,18,20). The van der Waals surface area contributed by atoms with Crippen LogP contribution in [0, 0.1) is 0 Å². The quantitative estimate of drug-likeness (QED) is 0.831. The van der Waals surface area contributed by atoms with E-state index in [9.17, 15) is 9.59 Å². The van der Waals surface area contributed by atoms with Gasteiger partial charge in [0.25, 0.3) is 0 Å². The average molecular weight is 292 g/mol. The molecule has 21 heavy (non-hydrogen) atoms. The van der Waals surface area contributed by atoms with Crippen molar-refractivity contribution in [2.24, 2.45) is 5.73 Å². The first-order chi connectivity index (χ1) is 9.50. The van der Waals surface area contributed by atoms with Gasteiger partial charge in [0.1, 0.15) is 5.60 Å². The lowest BCUT2D eigenvalue weighted by Gasteiger charge is -2.27. The summed E-state index contributed by atoms with van der Waals surface area (Å²) in [6.07, 6.45) is 0. The molecule has 1 atom stereocenters. The minimum atomic E-state index is -1.07. The highest BCUT2D eigenvalue weighted by Crippen LogP contribution is 2.19. The van der Waals surface area contributed by atoms with Gasteiger partial charge in [-0.05, 0) is 40.2 Å². The molecule has 0 aliphatic heterocycles. The van der Waals surface area contributed by atoms with E-state index in [-0.39, 0.29) is 0 Å². The summed E-state index contributed by atoms with van der Waals surface area (Å²) in [6.45, 7) is 8.50. The van der Waals surface area contributed by atoms with Crippen LogP contribution in [0.25, 0.3) is 0 Å². The van der Waals surface area contributed by atoms with E-state index < -0.39 is 29.1 Å². The predicted molar refractivity (Wildman–Crippen MR) is 81.4 cm³/mol. The lowest BCUT2D eigenvalue weighted by molar-refractivity contribution is -0.159. The van der Waals surface area contributed by atoms with Crippen LogP contribution in [0.4, 0.5) is 0 Å². The van der Waals surface area contributed by atoms with E-state index in [4.69, 9.17) is 10.5 Å². The Morgan fingerprint density at radius 1 is 1.10 bits per heavy atom. The summed E-state index contributed by atoms with van der Waals surface area (Å²) in [5.41, 5.74) is 4.72. The van der Waals surface area contributed by atoms with Gasteiger partial charge in [0.15, 0.2) is 6.04 Å². The molecule has 1 amide bonds. The Morgan fingerprint density at radius 3 is 2.05 bits per heavy atom. The molecule has 5 heteroatoms. The van der Waals surface area contributed by atoms with Crippen molar-refractivity contribution in [2.45, 2.75) is 51.8 Å². The number of benzene rings is 1. The maximum Gasteiger partial charge on any atom is 0.333 e. The summed E-state index contributed by atoms with van der Waals surface area (Å²) in [7, 11) is 0. The molecule has 1 unspecified atom stereocenters. The fourth-order valence-electron chi connectivity index (χ4n) is 1.60. The number of amides is 1. The van der Waals surface area contributed by atoms with E-state index in [0.29, 0.717) is 5.56 Å².